The number of methoxy groups -OCH3 is 2. The van der Waals surface area contributed by atoms with E-state index < -0.39 is 0 Å². The van der Waals surface area contributed by atoms with Crippen LogP contribution in [0.2, 0.25) is 0 Å². The van der Waals surface area contributed by atoms with Crippen molar-refractivity contribution in [2.45, 2.75) is 40.7 Å². The van der Waals surface area contributed by atoms with Crippen molar-refractivity contribution in [1.82, 2.24) is 0 Å². The lowest BCUT2D eigenvalue weighted by molar-refractivity contribution is 0.0410. The van der Waals surface area contributed by atoms with Crippen molar-refractivity contribution in [2.24, 2.45) is 0 Å². The number of hydrogen-bond donors (Lipinski definition) is 0. The van der Waals surface area contributed by atoms with Crippen LogP contribution in [0.25, 0.3) is 11.1 Å². The first-order valence-corrected chi connectivity index (χ1v) is 9.82. The Morgan fingerprint density at radius 2 is 1.45 bits per heavy atom. The monoisotopic (exact) mass is 396 g/mol. The van der Waals surface area contributed by atoms with Crippen molar-refractivity contribution < 1.29 is 19.0 Å². The second-order valence-electron chi connectivity index (χ2n) is 6.10. The van der Waals surface area contributed by atoms with Crippen molar-refractivity contribution >= 4 is 5.97 Å². The highest BCUT2D eigenvalue weighted by Gasteiger charge is 2.15. The molecule has 0 heterocycles. The van der Waals surface area contributed by atoms with Crippen LogP contribution in [0.15, 0.2) is 72.0 Å². The average Bonchev–Trinajstić information content (AvgIpc) is 2.78. The third-order valence-electron chi connectivity index (χ3n) is 4.32. The van der Waals surface area contributed by atoms with Gasteiger partial charge in [0.05, 0.1) is 25.5 Å². The predicted octanol–water partition coefficient (Wildman–Crippen LogP) is 6.43. The second-order valence-corrected chi connectivity index (χ2v) is 6.10. The lowest BCUT2D eigenvalue weighted by Gasteiger charge is -2.15. The van der Waals surface area contributed by atoms with E-state index in [2.05, 4.69) is 0 Å². The van der Waals surface area contributed by atoms with Gasteiger partial charge in [-0.05, 0) is 67.8 Å². The molecule has 1 unspecified atom stereocenters. The van der Waals surface area contributed by atoms with E-state index in [4.69, 9.17) is 14.2 Å². The van der Waals surface area contributed by atoms with Gasteiger partial charge in [-0.1, -0.05) is 44.2 Å². The Morgan fingerprint density at radius 1 is 0.931 bits per heavy atom. The summed E-state index contributed by atoms with van der Waals surface area (Å²) in [6, 6.07) is 15.2. The fraction of sp³-hybridized carbons (Fsp3) is 0.320. The van der Waals surface area contributed by atoms with Crippen molar-refractivity contribution in [3.63, 3.8) is 0 Å². The summed E-state index contributed by atoms with van der Waals surface area (Å²) < 4.78 is 15.9. The largest absolute Gasteiger partial charge is 0.501 e. The first-order valence-electron chi connectivity index (χ1n) is 9.82. The van der Waals surface area contributed by atoms with E-state index in [1.54, 1.807) is 26.4 Å². The van der Waals surface area contributed by atoms with Crippen molar-refractivity contribution in [1.29, 1.82) is 0 Å². The smallest absolute Gasteiger partial charge is 0.338 e. The van der Waals surface area contributed by atoms with Gasteiger partial charge >= 0.3 is 5.97 Å². The molecule has 0 aliphatic heterocycles. The van der Waals surface area contributed by atoms with Gasteiger partial charge in [0, 0.05) is 0 Å². The SMILES string of the molecule is C/C=C(\C=C(/C)OC)C(C)OC(=O)c1ccc(-c2ccc(OC)cc2)cc1.CC. The standard InChI is InChI=1S/C23H26O4.C2H6/c1-6-18(15-16(2)25-4)17(3)27-23(24)21-9-7-19(8-10-21)20-11-13-22(26-5)14-12-20;1-2/h6-15,17H,1-5H3;1-2H3/b16-15+,18-6+;. The Labute approximate surface area is 174 Å². The van der Waals surface area contributed by atoms with E-state index in [0.29, 0.717) is 5.56 Å². The predicted molar refractivity (Wildman–Crippen MR) is 119 cm³/mol. The summed E-state index contributed by atoms with van der Waals surface area (Å²) >= 11 is 0. The van der Waals surface area contributed by atoms with Gasteiger partial charge in [-0.3, -0.25) is 0 Å². The molecule has 0 amide bonds. The molecule has 0 radical (unpaired) electrons. The summed E-state index contributed by atoms with van der Waals surface area (Å²) in [5, 5.41) is 0. The molecule has 1 atom stereocenters. The summed E-state index contributed by atoms with van der Waals surface area (Å²) in [5.41, 5.74) is 3.48. The summed E-state index contributed by atoms with van der Waals surface area (Å²) in [6.45, 7) is 9.61. The van der Waals surface area contributed by atoms with E-state index in [0.717, 1.165) is 28.2 Å². The van der Waals surface area contributed by atoms with E-state index in [9.17, 15) is 4.79 Å². The van der Waals surface area contributed by atoms with Crippen LogP contribution in [-0.4, -0.2) is 26.3 Å². The molecule has 0 aliphatic carbocycles. The van der Waals surface area contributed by atoms with Crippen molar-refractivity contribution in [2.75, 3.05) is 14.2 Å². The van der Waals surface area contributed by atoms with Gasteiger partial charge in [0.1, 0.15) is 11.9 Å². The molecule has 4 nitrogen and oxygen atoms in total. The third-order valence-corrected chi connectivity index (χ3v) is 4.32. The maximum absolute atomic E-state index is 12.4. The molecule has 0 saturated heterocycles. The number of benzene rings is 2. The number of rotatable bonds is 7. The Balaban J connectivity index is 0.00000204. The molecular weight excluding hydrogens is 364 g/mol. The Kier molecular flexibility index (Phi) is 10.3. The Bertz CT molecular complexity index is 815. The van der Waals surface area contributed by atoms with Crippen LogP contribution < -0.4 is 4.74 Å². The topological polar surface area (TPSA) is 44.8 Å². The van der Waals surface area contributed by atoms with Gasteiger partial charge in [-0.25, -0.2) is 4.79 Å². The van der Waals surface area contributed by atoms with E-state index in [1.807, 2.05) is 83.2 Å². The summed E-state index contributed by atoms with van der Waals surface area (Å²) in [5.74, 6) is 1.21. The number of carbonyl (C=O) groups is 1. The molecule has 0 N–H and O–H groups in total. The molecule has 0 fully saturated rings. The lowest BCUT2D eigenvalue weighted by atomic mass is 10.0. The van der Waals surface area contributed by atoms with Gasteiger partial charge in [-0.15, -0.1) is 0 Å². The van der Waals surface area contributed by atoms with Crippen LogP contribution in [0.3, 0.4) is 0 Å². The summed E-state index contributed by atoms with van der Waals surface area (Å²) in [4.78, 5) is 12.4. The summed E-state index contributed by atoms with van der Waals surface area (Å²) in [7, 11) is 3.25. The average molecular weight is 397 g/mol. The second kappa shape index (κ2) is 12.4. The normalized spacial score (nSPS) is 12.4. The molecule has 156 valence electrons. The van der Waals surface area contributed by atoms with Gasteiger partial charge < -0.3 is 14.2 Å². The van der Waals surface area contributed by atoms with Crippen LogP contribution >= 0.6 is 0 Å². The van der Waals surface area contributed by atoms with Crippen LogP contribution in [0.5, 0.6) is 5.75 Å². The van der Waals surface area contributed by atoms with Crippen LogP contribution in [-0.2, 0) is 9.47 Å². The number of esters is 1. The van der Waals surface area contributed by atoms with E-state index in [1.165, 1.54) is 0 Å². The fourth-order valence-electron chi connectivity index (χ4n) is 2.61. The van der Waals surface area contributed by atoms with Crippen molar-refractivity contribution in [3.05, 3.63) is 77.6 Å². The Morgan fingerprint density at radius 3 is 1.90 bits per heavy atom. The van der Waals surface area contributed by atoms with Crippen LogP contribution in [0.1, 0.15) is 45.0 Å². The van der Waals surface area contributed by atoms with E-state index in [-0.39, 0.29) is 12.1 Å². The minimum absolute atomic E-state index is 0.355. The van der Waals surface area contributed by atoms with Gasteiger partial charge in [0.25, 0.3) is 0 Å². The highest BCUT2D eigenvalue weighted by Crippen LogP contribution is 2.23. The fourth-order valence-corrected chi connectivity index (χ4v) is 2.61. The summed E-state index contributed by atoms with van der Waals surface area (Å²) in [6.07, 6.45) is 3.41. The zero-order valence-corrected chi connectivity index (χ0v) is 18.5. The number of carbonyl (C=O) groups excluding carboxylic acids is 1. The minimum Gasteiger partial charge on any atom is -0.501 e. The first-order chi connectivity index (χ1) is 14.0. The zero-order valence-electron chi connectivity index (χ0n) is 18.5. The molecule has 4 heteroatoms. The van der Waals surface area contributed by atoms with Crippen LogP contribution in [0.4, 0.5) is 0 Å². The molecule has 0 saturated carbocycles. The van der Waals surface area contributed by atoms with E-state index >= 15 is 0 Å². The van der Waals surface area contributed by atoms with Gasteiger partial charge in [-0.2, -0.15) is 0 Å². The zero-order chi connectivity index (χ0) is 21.8. The van der Waals surface area contributed by atoms with Crippen LogP contribution in [0, 0.1) is 0 Å². The highest BCUT2D eigenvalue weighted by molar-refractivity contribution is 5.90. The minimum atomic E-state index is -0.367. The third kappa shape index (κ3) is 7.15. The number of hydrogen-bond acceptors (Lipinski definition) is 4. The van der Waals surface area contributed by atoms with Gasteiger partial charge in [0.2, 0.25) is 0 Å². The molecule has 2 rings (SSSR count). The molecule has 0 aromatic heterocycles. The number of allylic oxidation sites excluding steroid dienone is 2. The maximum Gasteiger partial charge on any atom is 0.338 e. The molecule has 2 aromatic carbocycles. The molecular formula is C25H32O4. The quantitative estimate of drug-likeness (QED) is 0.307. The highest BCUT2D eigenvalue weighted by atomic mass is 16.5. The first kappa shape index (κ1) is 24.0. The number of ether oxygens (including phenoxy) is 3. The lowest BCUT2D eigenvalue weighted by Crippen LogP contribution is -2.16. The van der Waals surface area contributed by atoms with Gasteiger partial charge in [0.15, 0.2) is 0 Å². The molecule has 0 spiro atoms. The molecule has 0 bridgehead atoms. The molecule has 2 aromatic rings. The Hall–Kier alpha value is -3.01. The maximum atomic E-state index is 12.4. The molecule has 29 heavy (non-hydrogen) atoms. The molecule has 0 aliphatic rings. The van der Waals surface area contributed by atoms with Crippen molar-refractivity contribution in [3.8, 4) is 16.9 Å².